The Morgan fingerprint density at radius 2 is 2.27 bits per heavy atom. The molecule has 1 fully saturated rings. The second-order valence-corrected chi connectivity index (χ2v) is 5.75. The van der Waals surface area contributed by atoms with Crippen LogP contribution in [-0.2, 0) is 11.3 Å². The maximum Gasteiger partial charge on any atom is 0.255 e. The predicted molar refractivity (Wildman–Crippen MR) is 82.4 cm³/mol. The molecule has 1 aliphatic heterocycles. The normalized spacial score (nSPS) is 15.5. The molecule has 1 aliphatic rings. The van der Waals surface area contributed by atoms with E-state index in [9.17, 15) is 4.79 Å². The number of primary amides is 1. The van der Waals surface area contributed by atoms with Crippen molar-refractivity contribution in [3.63, 3.8) is 0 Å². The van der Waals surface area contributed by atoms with Crippen LogP contribution in [0.15, 0.2) is 36.7 Å². The maximum atomic E-state index is 10.7. The molecular weight excluding hydrogens is 280 g/mol. The fourth-order valence-corrected chi connectivity index (χ4v) is 2.62. The van der Waals surface area contributed by atoms with Gasteiger partial charge in [0, 0.05) is 25.8 Å². The van der Waals surface area contributed by atoms with Crippen molar-refractivity contribution < 1.29 is 9.53 Å². The van der Waals surface area contributed by atoms with E-state index >= 15 is 0 Å². The topological polar surface area (TPSA) is 73.4 Å². The summed E-state index contributed by atoms with van der Waals surface area (Å²) in [7, 11) is 0. The molecule has 6 nitrogen and oxygen atoms in total. The first-order chi connectivity index (χ1) is 10.6. The molecule has 2 N–H and O–H groups in total. The Morgan fingerprint density at radius 3 is 2.95 bits per heavy atom. The molecular formula is C16H20N4O2. The molecule has 2 aromatic rings. The van der Waals surface area contributed by atoms with Crippen LogP contribution in [0.5, 0.6) is 5.75 Å². The molecule has 0 atom stereocenters. The maximum absolute atomic E-state index is 10.7. The van der Waals surface area contributed by atoms with Gasteiger partial charge in [-0.25, -0.2) is 0 Å². The molecule has 0 radical (unpaired) electrons. The van der Waals surface area contributed by atoms with E-state index in [4.69, 9.17) is 10.5 Å². The molecule has 3 rings (SSSR count). The second kappa shape index (κ2) is 6.19. The van der Waals surface area contributed by atoms with E-state index in [0.717, 1.165) is 25.2 Å². The number of nitrogens with two attached hydrogens (primary N) is 1. The van der Waals surface area contributed by atoms with E-state index in [1.165, 1.54) is 5.56 Å². The third-order valence-corrected chi connectivity index (χ3v) is 3.73. The molecule has 1 aromatic carbocycles. The molecule has 1 aromatic heterocycles. The fraction of sp³-hybridized carbons (Fsp3) is 0.375. The Balaban J connectivity index is 1.52. The van der Waals surface area contributed by atoms with Crippen molar-refractivity contribution in [2.75, 3.05) is 19.7 Å². The molecule has 1 saturated heterocycles. The number of aromatic nitrogens is 2. The average molecular weight is 300 g/mol. The molecule has 0 aliphatic carbocycles. The smallest absolute Gasteiger partial charge is 0.255 e. The molecule has 116 valence electrons. The summed E-state index contributed by atoms with van der Waals surface area (Å²) in [5.41, 5.74) is 7.44. The van der Waals surface area contributed by atoms with Gasteiger partial charge >= 0.3 is 0 Å². The number of carbonyl (C=O) groups excluding carboxylic acids is 1. The first-order valence-corrected chi connectivity index (χ1v) is 7.33. The van der Waals surface area contributed by atoms with Crippen molar-refractivity contribution >= 4 is 5.91 Å². The summed E-state index contributed by atoms with van der Waals surface area (Å²) in [6, 6.07) is 8.23. The second-order valence-electron chi connectivity index (χ2n) is 5.75. The van der Waals surface area contributed by atoms with Gasteiger partial charge in [0.15, 0.2) is 6.61 Å². The third-order valence-electron chi connectivity index (χ3n) is 3.73. The minimum atomic E-state index is -0.467. The van der Waals surface area contributed by atoms with E-state index in [2.05, 4.69) is 29.2 Å². The summed E-state index contributed by atoms with van der Waals surface area (Å²) in [6.07, 6.45) is 3.97. The number of benzene rings is 1. The van der Waals surface area contributed by atoms with Gasteiger partial charge in [-0.15, -0.1) is 0 Å². The highest BCUT2D eigenvalue weighted by molar-refractivity contribution is 5.75. The summed E-state index contributed by atoms with van der Waals surface area (Å²) in [6.45, 7) is 4.82. The molecule has 1 amide bonds. The lowest BCUT2D eigenvalue weighted by Gasteiger charge is -2.39. The fourth-order valence-electron chi connectivity index (χ4n) is 2.62. The van der Waals surface area contributed by atoms with Gasteiger partial charge in [0.05, 0.1) is 12.2 Å². The number of likely N-dealkylation sites (tertiary alicyclic amines) is 1. The van der Waals surface area contributed by atoms with E-state index in [-0.39, 0.29) is 6.61 Å². The lowest BCUT2D eigenvalue weighted by Crippen LogP contribution is -2.47. The van der Waals surface area contributed by atoms with Gasteiger partial charge in [0.25, 0.3) is 5.91 Å². The summed E-state index contributed by atoms with van der Waals surface area (Å²) in [5.74, 6) is 0.210. The first kappa shape index (κ1) is 14.6. The third kappa shape index (κ3) is 3.46. The van der Waals surface area contributed by atoms with Gasteiger partial charge in [-0.05, 0) is 30.2 Å². The van der Waals surface area contributed by atoms with Gasteiger partial charge in [0.1, 0.15) is 5.75 Å². The Hall–Kier alpha value is -2.34. The molecule has 6 heteroatoms. The van der Waals surface area contributed by atoms with Crippen LogP contribution in [0, 0.1) is 6.92 Å². The van der Waals surface area contributed by atoms with E-state index in [1.54, 1.807) is 0 Å². The van der Waals surface area contributed by atoms with Crippen LogP contribution in [0.4, 0.5) is 0 Å². The standard InChI is InChI=1S/C16H20N4O2/c1-12-6-18-20(7-12)14-9-19(10-14)8-13-3-2-4-15(5-13)22-11-16(17)21/h2-7,14H,8-11H2,1H3,(H2,17,21). The van der Waals surface area contributed by atoms with Crippen LogP contribution in [-0.4, -0.2) is 40.3 Å². The predicted octanol–water partition coefficient (Wildman–Crippen LogP) is 1.11. The number of ether oxygens (including phenoxy) is 1. The van der Waals surface area contributed by atoms with Gasteiger partial charge in [-0.3, -0.25) is 14.4 Å². The van der Waals surface area contributed by atoms with Crippen LogP contribution < -0.4 is 10.5 Å². The molecule has 0 bridgehead atoms. The average Bonchev–Trinajstić information content (AvgIpc) is 2.87. The highest BCUT2D eigenvalue weighted by Gasteiger charge is 2.28. The molecule has 22 heavy (non-hydrogen) atoms. The number of aryl methyl sites for hydroxylation is 1. The zero-order valence-electron chi connectivity index (χ0n) is 12.6. The Morgan fingerprint density at radius 1 is 1.45 bits per heavy atom. The first-order valence-electron chi connectivity index (χ1n) is 7.33. The van der Waals surface area contributed by atoms with E-state index in [1.807, 2.05) is 29.1 Å². The van der Waals surface area contributed by atoms with Crippen LogP contribution >= 0.6 is 0 Å². The number of amides is 1. The minimum Gasteiger partial charge on any atom is -0.484 e. The van der Waals surface area contributed by atoms with Crippen LogP contribution in [0.25, 0.3) is 0 Å². The lowest BCUT2D eigenvalue weighted by molar-refractivity contribution is -0.119. The minimum absolute atomic E-state index is 0.0894. The van der Waals surface area contributed by atoms with Crippen molar-refractivity contribution in [2.45, 2.75) is 19.5 Å². The molecule has 2 heterocycles. The number of hydrogen-bond donors (Lipinski definition) is 1. The number of rotatable bonds is 6. The summed E-state index contributed by atoms with van der Waals surface area (Å²) >= 11 is 0. The van der Waals surface area contributed by atoms with Crippen molar-refractivity contribution in [3.8, 4) is 5.75 Å². The van der Waals surface area contributed by atoms with Crippen LogP contribution in [0.3, 0.4) is 0 Å². The highest BCUT2D eigenvalue weighted by atomic mass is 16.5. The van der Waals surface area contributed by atoms with Crippen molar-refractivity contribution in [3.05, 3.63) is 47.8 Å². The zero-order chi connectivity index (χ0) is 15.5. The van der Waals surface area contributed by atoms with Gasteiger partial charge in [-0.2, -0.15) is 5.10 Å². The quantitative estimate of drug-likeness (QED) is 0.867. The number of nitrogens with zero attached hydrogens (tertiary/aromatic N) is 3. The van der Waals surface area contributed by atoms with Gasteiger partial charge in [0.2, 0.25) is 0 Å². The van der Waals surface area contributed by atoms with Gasteiger partial charge < -0.3 is 10.5 Å². The monoisotopic (exact) mass is 300 g/mol. The van der Waals surface area contributed by atoms with Crippen molar-refractivity contribution in [1.82, 2.24) is 14.7 Å². The Bertz CT molecular complexity index is 662. The van der Waals surface area contributed by atoms with Gasteiger partial charge in [-0.1, -0.05) is 12.1 Å². The van der Waals surface area contributed by atoms with E-state index in [0.29, 0.717) is 11.8 Å². The largest absolute Gasteiger partial charge is 0.484 e. The zero-order valence-corrected chi connectivity index (χ0v) is 12.6. The van der Waals surface area contributed by atoms with E-state index < -0.39 is 5.91 Å². The van der Waals surface area contributed by atoms with Crippen LogP contribution in [0.1, 0.15) is 17.2 Å². The SMILES string of the molecule is Cc1cnn(C2CN(Cc3cccc(OCC(N)=O)c3)C2)c1. The Kier molecular flexibility index (Phi) is 4.11. The molecule has 0 saturated carbocycles. The van der Waals surface area contributed by atoms with Crippen LogP contribution in [0.2, 0.25) is 0 Å². The highest BCUT2D eigenvalue weighted by Crippen LogP contribution is 2.24. The summed E-state index contributed by atoms with van der Waals surface area (Å²) in [5, 5.41) is 4.36. The number of hydrogen-bond acceptors (Lipinski definition) is 4. The molecule has 0 spiro atoms. The number of carbonyl (C=O) groups is 1. The summed E-state index contributed by atoms with van der Waals surface area (Å²) < 4.78 is 7.37. The lowest BCUT2D eigenvalue weighted by atomic mass is 10.1. The Labute approximate surface area is 129 Å². The molecule has 0 unspecified atom stereocenters. The summed E-state index contributed by atoms with van der Waals surface area (Å²) in [4.78, 5) is 13.1. The van der Waals surface area contributed by atoms with Crippen molar-refractivity contribution in [2.24, 2.45) is 5.73 Å². The van der Waals surface area contributed by atoms with Crippen molar-refractivity contribution in [1.29, 1.82) is 0 Å².